The predicted molar refractivity (Wildman–Crippen MR) is 294 cm³/mol. The van der Waals surface area contributed by atoms with Crippen molar-refractivity contribution in [3.63, 3.8) is 0 Å². The molecule has 2 aliphatic rings. The molecule has 0 spiro atoms. The first-order valence-electron chi connectivity index (χ1n) is 26.1. The van der Waals surface area contributed by atoms with Crippen LogP contribution < -0.4 is 5.19 Å². The number of fused-ring (bicyclic) bond motifs is 4. The second-order valence-corrected chi connectivity index (χ2v) is 26.7. The Morgan fingerprint density at radius 2 is 1.36 bits per heavy atom. The van der Waals surface area contributed by atoms with E-state index >= 15 is 0 Å². The summed E-state index contributed by atoms with van der Waals surface area (Å²) < 4.78 is 9.19. The van der Waals surface area contributed by atoms with Crippen molar-refractivity contribution < 1.29 is 24.5 Å². The molecule has 3 aromatic heterocycles. The van der Waals surface area contributed by atoms with Crippen LogP contribution in [0.1, 0.15) is 132 Å². The molecule has 6 heteroatoms. The van der Waals surface area contributed by atoms with Crippen LogP contribution in [-0.2, 0) is 26.5 Å². The van der Waals surface area contributed by atoms with Gasteiger partial charge in [-0.15, -0.1) is 54.1 Å². The van der Waals surface area contributed by atoms with E-state index in [0.717, 1.165) is 61.5 Å². The summed E-state index contributed by atoms with van der Waals surface area (Å²) in [5.74, 6) is 2.97. The van der Waals surface area contributed by atoms with Crippen LogP contribution in [0.3, 0.4) is 0 Å². The number of nitrogens with zero attached hydrogens (tertiary/aromatic N) is 3. The van der Waals surface area contributed by atoms with Gasteiger partial charge >= 0.3 is 0 Å². The predicted octanol–water partition coefficient (Wildman–Crippen LogP) is 17.6. The van der Waals surface area contributed by atoms with Gasteiger partial charge in [0.1, 0.15) is 5.58 Å². The smallest absolute Gasteiger partial charge is 0.121 e. The van der Waals surface area contributed by atoms with E-state index in [1.165, 1.54) is 104 Å². The first-order valence-corrected chi connectivity index (χ1v) is 29.6. The van der Waals surface area contributed by atoms with Gasteiger partial charge < -0.3 is 14.0 Å². The molecule has 0 N–H and O–H groups in total. The van der Waals surface area contributed by atoms with Gasteiger partial charge in [-0.05, 0) is 112 Å². The fourth-order valence-corrected chi connectivity index (χ4v) is 13.0. The summed E-state index contributed by atoms with van der Waals surface area (Å²) in [5.41, 5.74) is 16.3. The summed E-state index contributed by atoms with van der Waals surface area (Å²) in [6.07, 6.45) is 17.0. The molecular formula is C64H69IrN3OSi-2. The van der Waals surface area contributed by atoms with Gasteiger partial charge in [0.25, 0.3) is 0 Å². The van der Waals surface area contributed by atoms with Crippen molar-refractivity contribution >= 4 is 46.2 Å². The summed E-state index contributed by atoms with van der Waals surface area (Å²) in [4.78, 5) is 10.1. The number of hydrogen-bond acceptors (Lipinski definition) is 3. The van der Waals surface area contributed by atoms with Gasteiger partial charge in [-0.1, -0.05) is 176 Å². The van der Waals surface area contributed by atoms with Gasteiger partial charge in [-0.3, -0.25) is 4.98 Å². The number of pyridine rings is 1. The molecule has 0 bridgehead atoms. The molecular weight excluding hydrogens is 1050 g/mol. The number of benzene rings is 6. The van der Waals surface area contributed by atoms with E-state index in [0.29, 0.717) is 17.8 Å². The molecule has 1 radical (unpaired) electrons. The minimum absolute atomic E-state index is 0. The molecule has 2 saturated carbocycles. The molecule has 361 valence electrons. The zero-order valence-electron chi connectivity index (χ0n) is 42.4. The molecule has 0 atom stereocenters. The molecule has 4 nitrogen and oxygen atoms in total. The Morgan fingerprint density at radius 1 is 0.671 bits per heavy atom. The summed E-state index contributed by atoms with van der Waals surface area (Å²) in [7, 11) is -1.36. The number of para-hydroxylation sites is 2. The Morgan fingerprint density at radius 3 is 2.04 bits per heavy atom. The summed E-state index contributed by atoms with van der Waals surface area (Å²) in [6.45, 7) is 16.5. The van der Waals surface area contributed by atoms with Crippen LogP contribution >= 0.6 is 0 Å². The number of rotatable bonds is 10. The van der Waals surface area contributed by atoms with Crippen LogP contribution in [0.15, 0.2) is 138 Å². The molecule has 70 heavy (non-hydrogen) atoms. The Hall–Kier alpha value is -5.39. The maximum Gasteiger partial charge on any atom is 0.121 e. The second-order valence-electron chi connectivity index (χ2n) is 21.7. The molecule has 11 rings (SSSR count). The van der Waals surface area contributed by atoms with Gasteiger partial charge in [0.15, 0.2) is 0 Å². The monoisotopic (exact) mass is 1120 g/mol. The normalized spacial score (nSPS) is 14.9. The van der Waals surface area contributed by atoms with Crippen LogP contribution in [0.4, 0.5) is 0 Å². The molecule has 2 aliphatic carbocycles. The van der Waals surface area contributed by atoms with Crippen molar-refractivity contribution in [2.24, 2.45) is 5.92 Å². The molecule has 9 aromatic rings. The standard InChI is InChI=1S/C43H41N2O.C21H28NSi.Ir/c1-27(2)36-24-32(30-16-9-6-10-17-30)25-37(28(3)4)41(36)45-39-21-12-11-20-38(39)44-43(45)35-19-13-18-34-33-23-22-31(26-40(33)46-42(34)35)29-14-7-5-8-15-29;1-23(2,3)21-16-22-20(18-12-8-5-9-13-18)15-19(21)14-17-10-6-4-7-11-17;/h6,9-13,16-18,20-29H,5,7-8,14-15H2,1-4H3;5,8-9,12,15-17H,4,6-7,10-11,14H2,1-3H3;/q2*-1;. The Balaban J connectivity index is 0.000000214. The topological polar surface area (TPSA) is 43.9 Å². The van der Waals surface area contributed by atoms with Gasteiger partial charge in [0.05, 0.1) is 30.5 Å². The fourth-order valence-electron chi connectivity index (χ4n) is 11.4. The zero-order chi connectivity index (χ0) is 47.6. The number of hydrogen-bond donors (Lipinski definition) is 0. The maximum absolute atomic E-state index is 6.80. The van der Waals surface area contributed by atoms with E-state index in [4.69, 9.17) is 14.4 Å². The van der Waals surface area contributed by atoms with Crippen LogP contribution in [-0.4, -0.2) is 22.6 Å². The van der Waals surface area contributed by atoms with Crippen molar-refractivity contribution in [1.29, 1.82) is 0 Å². The zero-order valence-corrected chi connectivity index (χ0v) is 45.8. The van der Waals surface area contributed by atoms with Crippen LogP contribution in [0.25, 0.3) is 72.4 Å². The molecule has 0 amide bonds. The first kappa shape index (κ1) is 49.6. The van der Waals surface area contributed by atoms with E-state index in [9.17, 15) is 0 Å². The molecule has 2 fully saturated rings. The molecule has 3 heterocycles. The number of imidazole rings is 1. The Bertz CT molecular complexity index is 3170. The third-order valence-corrected chi connectivity index (χ3v) is 17.1. The van der Waals surface area contributed by atoms with E-state index in [-0.39, 0.29) is 20.1 Å². The van der Waals surface area contributed by atoms with Crippen molar-refractivity contribution in [3.8, 4) is 39.5 Å². The maximum atomic E-state index is 6.80. The first-order chi connectivity index (χ1) is 33.5. The van der Waals surface area contributed by atoms with Gasteiger partial charge in [0.2, 0.25) is 0 Å². The molecule has 0 saturated heterocycles. The van der Waals surface area contributed by atoms with Crippen molar-refractivity contribution in [1.82, 2.24) is 14.5 Å². The van der Waals surface area contributed by atoms with Crippen LogP contribution in [0.2, 0.25) is 19.6 Å². The van der Waals surface area contributed by atoms with E-state index in [2.05, 4.69) is 179 Å². The molecule has 0 aliphatic heterocycles. The third kappa shape index (κ3) is 10.3. The van der Waals surface area contributed by atoms with Gasteiger partial charge in [-0.2, -0.15) is 0 Å². The summed E-state index contributed by atoms with van der Waals surface area (Å²) >= 11 is 0. The largest absolute Gasteiger partial charge is 0.501 e. The van der Waals surface area contributed by atoms with E-state index in [1.54, 1.807) is 10.8 Å². The van der Waals surface area contributed by atoms with Crippen LogP contribution in [0.5, 0.6) is 0 Å². The number of aromatic nitrogens is 3. The Kier molecular flexibility index (Phi) is 15.3. The minimum atomic E-state index is -1.36. The Labute approximate surface area is 431 Å². The van der Waals surface area contributed by atoms with Gasteiger partial charge in [0, 0.05) is 37.4 Å². The fraction of sp³-hybridized carbons (Fsp3) is 0.344. The average molecular weight is 1120 g/mol. The van der Waals surface area contributed by atoms with Crippen molar-refractivity contribution in [2.75, 3.05) is 0 Å². The van der Waals surface area contributed by atoms with Crippen LogP contribution in [0, 0.1) is 18.1 Å². The van der Waals surface area contributed by atoms with E-state index < -0.39 is 8.07 Å². The second kappa shape index (κ2) is 21.5. The third-order valence-electron chi connectivity index (χ3n) is 15.1. The van der Waals surface area contributed by atoms with E-state index in [1.807, 2.05) is 18.2 Å². The van der Waals surface area contributed by atoms with Crippen molar-refractivity contribution in [2.45, 2.75) is 136 Å². The minimum Gasteiger partial charge on any atom is -0.501 e. The number of furan rings is 1. The van der Waals surface area contributed by atoms with Gasteiger partial charge in [-0.25, -0.2) is 0 Å². The average Bonchev–Trinajstić information content (AvgIpc) is 3.95. The molecule has 0 unspecified atom stereocenters. The quantitative estimate of drug-likeness (QED) is 0.101. The summed E-state index contributed by atoms with van der Waals surface area (Å²) in [6, 6.07) is 52.6. The van der Waals surface area contributed by atoms with Crippen molar-refractivity contribution in [3.05, 3.63) is 168 Å². The summed E-state index contributed by atoms with van der Waals surface area (Å²) in [5, 5.41) is 3.82. The molecule has 6 aromatic carbocycles. The SMILES string of the molecule is CC(C)c1cc(-c2ccccc2)cc(C(C)C)c1-n1c(-c2[c-]ccc3c2oc2cc(C4CCCCC4)ccc23)nc2ccccc21.C[Si](C)(C)c1cnc(-c2[c-]cccc2)cc1CC1CCCCC1.[Ir].